The molecule has 0 spiro atoms. The van der Waals surface area contributed by atoms with Gasteiger partial charge >= 0.3 is 0 Å². The van der Waals surface area contributed by atoms with Crippen molar-refractivity contribution in [1.29, 1.82) is 0 Å². The summed E-state index contributed by atoms with van der Waals surface area (Å²) in [6, 6.07) is 14.9. The Labute approximate surface area is 195 Å². The van der Waals surface area contributed by atoms with Crippen LogP contribution < -0.4 is 10.2 Å². The van der Waals surface area contributed by atoms with Crippen molar-refractivity contribution < 1.29 is 4.79 Å². The summed E-state index contributed by atoms with van der Waals surface area (Å²) in [7, 11) is 0. The molecule has 2 aromatic rings. The van der Waals surface area contributed by atoms with Gasteiger partial charge in [-0.25, -0.2) is 0 Å². The third kappa shape index (κ3) is 3.54. The predicted molar refractivity (Wildman–Crippen MR) is 128 cm³/mol. The number of hydrogen-bond donors (Lipinski definition) is 1. The first kappa shape index (κ1) is 21.2. The van der Waals surface area contributed by atoms with Crippen LogP contribution in [0.2, 0.25) is 10.0 Å². The van der Waals surface area contributed by atoms with Gasteiger partial charge in [0.25, 0.3) is 0 Å². The number of halogens is 2. The Balaban J connectivity index is 1.57. The minimum Gasteiger partial charge on any atom is -0.371 e. The molecule has 164 valence electrons. The van der Waals surface area contributed by atoms with Crippen molar-refractivity contribution in [3.8, 4) is 0 Å². The highest BCUT2D eigenvalue weighted by molar-refractivity contribution is 6.31. The first-order valence-corrected chi connectivity index (χ1v) is 12.2. The molecule has 5 atom stereocenters. The molecule has 5 rings (SSSR count). The second-order valence-corrected chi connectivity index (χ2v) is 10.7. The minimum atomic E-state index is -0.345. The third-order valence-corrected chi connectivity index (χ3v) is 8.64. The number of nitrogens with one attached hydrogen (secondary N) is 1. The Morgan fingerprint density at radius 2 is 1.77 bits per heavy atom. The highest BCUT2D eigenvalue weighted by Gasteiger charge is 2.57. The Kier molecular flexibility index (Phi) is 5.46. The van der Waals surface area contributed by atoms with Crippen LogP contribution in [-0.4, -0.2) is 25.0 Å². The average molecular weight is 457 g/mol. The standard InChI is InChI=1S/C26H30Cl2N2O/c1-16-24-23(17-5-7-18(27)8-6-17)21(11-12-26(24,2)25(31)29-16)20-10-9-19(15-22(20)28)30-13-3-4-14-30/h5-10,15-16,21,23-24H,3-4,11-14H2,1-2H3,(H,29,31). The molecule has 2 aliphatic heterocycles. The van der Waals surface area contributed by atoms with Gasteiger partial charge in [-0.15, -0.1) is 0 Å². The maximum atomic E-state index is 12.9. The van der Waals surface area contributed by atoms with Crippen LogP contribution in [0, 0.1) is 11.3 Å². The van der Waals surface area contributed by atoms with Crippen LogP contribution in [0.25, 0.3) is 0 Å². The molecule has 0 bridgehead atoms. The van der Waals surface area contributed by atoms with Crippen LogP contribution in [0.4, 0.5) is 5.69 Å². The maximum Gasteiger partial charge on any atom is 0.226 e. The van der Waals surface area contributed by atoms with Crippen LogP contribution >= 0.6 is 23.2 Å². The molecule has 0 radical (unpaired) electrons. The summed E-state index contributed by atoms with van der Waals surface area (Å²) in [5.41, 5.74) is 3.33. The van der Waals surface area contributed by atoms with Crippen molar-refractivity contribution in [3.05, 3.63) is 63.6 Å². The van der Waals surface area contributed by atoms with E-state index in [1.807, 2.05) is 12.1 Å². The van der Waals surface area contributed by atoms with E-state index in [0.29, 0.717) is 0 Å². The van der Waals surface area contributed by atoms with Gasteiger partial charge in [0, 0.05) is 40.8 Å². The molecule has 1 aliphatic carbocycles. The SMILES string of the molecule is CC1NC(=O)C2(C)CCC(c3ccc(N4CCCC4)cc3Cl)C(c3ccc(Cl)cc3)C12. The van der Waals surface area contributed by atoms with Crippen molar-refractivity contribution in [1.82, 2.24) is 5.32 Å². The number of hydrogen-bond acceptors (Lipinski definition) is 2. The lowest BCUT2D eigenvalue weighted by Crippen LogP contribution is -2.42. The molecular weight excluding hydrogens is 427 g/mol. The molecule has 2 aromatic carbocycles. The molecule has 0 aromatic heterocycles. The van der Waals surface area contributed by atoms with Gasteiger partial charge in [0.05, 0.1) is 5.41 Å². The van der Waals surface area contributed by atoms with Crippen LogP contribution in [0.15, 0.2) is 42.5 Å². The predicted octanol–water partition coefficient (Wildman–Crippen LogP) is 6.40. The third-order valence-electron chi connectivity index (χ3n) is 8.06. The van der Waals surface area contributed by atoms with Crippen LogP contribution in [0.1, 0.15) is 62.5 Å². The number of amides is 1. The summed E-state index contributed by atoms with van der Waals surface area (Å²) < 4.78 is 0. The Morgan fingerprint density at radius 1 is 1.06 bits per heavy atom. The lowest BCUT2D eigenvalue weighted by Gasteiger charge is -2.46. The highest BCUT2D eigenvalue weighted by Crippen LogP contribution is 2.59. The lowest BCUT2D eigenvalue weighted by atomic mass is 9.56. The van der Waals surface area contributed by atoms with Crippen LogP contribution in [-0.2, 0) is 4.79 Å². The van der Waals surface area contributed by atoms with Gasteiger partial charge in [0.1, 0.15) is 0 Å². The largest absolute Gasteiger partial charge is 0.371 e. The van der Waals surface area contributed by atoms with E-state index in [1.165, 1.54) is 29.7 Å². The zero-order valence-corrected chi connectivity index (χ0v) is 19.7. The van der Waals surface area contributed by atoms with E-state index in [2.05, 4.69) is 54.4 Å². The smallest absolute Gasteiger partial charge is 0.226 e. The van der Waals surface area contributed by atoms with Crippen molar-refractivity contribution >= 4 is 34.8 Å². The molecule has 5 unspecified atom stereocenters. The lowest BCUT2D eigenvalue weighted by molar-refractivity contribution is -0.129. The van der Waals surface area contributed by atoms with Gasteiger partial charge in [0.15, 0.2) is 0 Å². The van der Waals surface area contributed by atoms with Gasteiger partial charge in [-0.3, -0.25) is 4.79 Å². The summed E-state index contributed by atoms with van der Waals surface area (Å²) in [5.74, 6) is 0.891. The van der Waals surface area contributed by atoms with Crippen molar-refractivity contribution in [2.75, 3.05) is 18.0 Å². The van der Waals surface area contributed by atoms with E-state index in [-0.39, 0.29) is 35.1 Å². The molecule has 1 N–H and O–H groups in total. The Bertz CT molecular complexity index is 985. The Hall–Kier alpha value is -1.71. The summed E-state index contributed by atoms with van der Waals surface area (Å²) in [6.07, 6.45) is 4.33. The molecule has 1 amide bonds. The fourth-order valence-corrected chi connectivity index (χ4v) is 6.94. The monoisotopic (exact) mass is 456 g/mol. The van der Waals surface area contributed by atoms with Gasteiger partial charge in [-0.05, 0) is 79.8 Å². The second-order valence-electron chi connectivity index (χ2n) is 9.83. The number of anilines is 1. The van der Waals surface area contributed by atoms with E-state index < -0.39 is 0 Å². The molecule has 2 saturated heterocycles. The molecule has 5 heteroatoms. The summed E-state index contributed by atoms with van der Waals surface area (Å²) in [6.45, 7) is 6.52. The quantitative estimate of drug-likeness (QED) is 0.579. The van der Waals surface area contributed by atoms with Gasteiger partial charge in [0.2, 0.25) is 5.91 Å². The number of carbonyl (C=O) groups excluding carboxylic acids is 1. The fraction of sp³-hybridized carbons (Fsp3) is 0.500. The van der Waals surface area contributed by atoms with Gasteiger partial charge in [-0.2, -0.15) is 0 Å². The number of rotatable bonds is 3. The normalized spacial score (nSPS) is 32.8. The van der Waals surface area contributed by atoms with Crippen LogP contribution in [0.5, 0.6) is 0 Å². The van der Waals surface area contributed by atoms with E-state index >= 15 is 0 Å². The average Bonchev–Trinajstić information content (AvgIpc) is 3.36. The molecular formula is C26H30Cl2N2O. The van der Waals surface area contributed by atoms with E-state index in [9.17, 15) is 4.79 Å². The molecule has 3 aliphatic rings. The number of carbonyl (C=O) groups is 1. The molecule has 3 nitrogen and oxygen atoms in total. The van der Waals surface area contributed by atoms with Crippen LogP contribution in [0.3, 0.4) is 0 Å². The van der Waals surface area contributed by atoms with Crippen molar-refractivity contribution in [2.45, 2.75) is 57.4 Å². The van der Waals surface area contributed by atoms with E-state index in [4.69, 9.17) is 23.2 Å². The first-order chi connectivity index (χ1) is 14.9. The molecule has 2 heterocycles. The maximum absolute atomic E-state index is 12.9. The highest BCUT2D eigenvalue weighted by atomic mass is 35.5. The van der Waals surface area contributed by atoms with Crippen molar-refractivity contribution in [3.63, 3.8) is 0 Å². The molecule has 31 heavy (non-hydrogen) atoms. The zero-order chi connectivity index (χ0) is 21.8. The summed E-state index contributed by atoms with van der Waals surface area (Å²) >= 11 is 13.1. The Morgan fingerprint density at radius 3 is 2.45 bits per heavy atom. The summed E-state index contributed by atoms with van der Waals surface area (Å²) in [5, 5.41) is 4.82. The topological polar surface area (TPSA) is 32.3 Å². The molecule has 1 saturated carbocycles. The fourth-order valence-electron chi connectivity index (χ4n) is 6.50. The van der Waals surface area contributed by atoms with Gasteiger partial charge < -0.3 is 10.2 Å². The van der Waals surface area contributed by atoms with Crippen molar-refractivity contribution in [2.24, 2.45) is 11.3 Å². The summed E-state index contributed by atoms with van der Waals surface area (Å²) in [4.78, 5) is 15.3. The number of nitrogens with zero attached hydrogens (tertiary/aromatic N) is 1. The van der Waals surface area contributed by atoms with E-state index in [1.54, 1.807) is 0 Å². The molecule has 3 fully saturated rings. The first-order valence-electron chi connectivity index (χ1n) is 11.5. The number of fused-ring (bicyclic) bond motifs is 1. The zero-order valence-electron chi connectivity index (χ0n) is 18.2. The number of benzene rings is 2. The second kappa shape index (κ2) is 8.01. The minimum absolute atomic E-state index is 0.128. The van der Waals surface area contributed by atoms with Gasteiger partial charge in [-0.1, -0.05) is 48.3 Å². The van der Waals surface area contributed by atoms with E-state index in [0.717, 1.165) is 36.0 Å².